The quantitative estimate of drug-likeness (QED) is 0.844. The lowest BCUT2D eigenvalue weighted by molar-refractivity contribution is -0.143. The molecule has 25 heavy (non-hydrogen) atoms. The van der Waals surface area contributed by atoms with Crippen LogP contribution in [0.1, 0.15) is 5.76 Å². The zero-order valence-electron chi connectivity index (χ0n) is 14.2. The van der Waals surface area contributed by atoms with Crippen molar-refractivity contribution in [2.75, 3.05) is 43.5 Å². The predicted octanol–water partition coefficient (Wildman–Crippen LogP) is 1.28. The first-order chi connectivity index (χ1) is 12.1. The lowest BCUT2D eigenvalue weighted by Gasteiger charge is -2.35. The molecule has 0 unspecified atom stereocenters. The molecule has 0 aliphatic carbocycles. The Bertz CT molecular complexity index is 748. The third-order valence-corrected chi connectivity index (χ3v) is 4.07. The number of carbonyl (C=O) groups excluding carboxylic acids is 2. The minimum Gasteiger partial charge on any atom is -0.497 e. The van der Waals surface area contributed by atoms with Crippen molar-refractivity contribution in [1.82, 2.24) is 10.1 Å². The summed E-state index contributed by atoms with van der Waals surface area (Å²) in [5.41, 5.74) is 1.07. The number of piperazine rings is 1. The third kappa shape index (κ3) is 3.90. The number of carbonyl (C=O) groups is 2. The lowest BCUT2D eigenvalue weighted by atomic mass is 10.2. The average molecular weight is 344 g/mol. The van der Waals surface area contributed by atoms with Crippen LogP contribution < -0.4 is 15.0 Å². The van der Waals surface area contributed by atoms with Crippen molar-refractivity contribution < 1.29 is 18.8 Å². The molecule has 8 nitrogen and oxygen atoms in total. The van der Waals surface area contributed by atoms with E-state index in [4.69, 9.17) is 9.26 Å². The summed E-state index contributed by atoms with van der Waals surface area (Å²) in [6.45, 7) is 4.00. The van der Waals surface area contributed by atoms with Gasteiger partial charge in [0.25, 0.3) is 0 Å². The molecule has 1 aromatic heterocycles. The van der Waals surface area contributed by atoms with Crippen LogP contribution in [-0.2, 0) is 9.59 Å². The molecule has 0 saturated carbocycles. The van der Waals surface area contributed by atoms with Gasteiger partial charge in [-0.15, -0.1) is 0 Å². The van der Waals surface area contributed by atoms with Gasteiger partial charge in [-0.2, -0.15) is 0 Å². The molecule has 0 radical (unpaired) electrons. The Morgan fingerprint density at radius 1 is 1.16 bits per heavy atom. The van der Waals surface area contributed by atoms with E-state index in [9.17, 15) is 9.59 Å². The van der Waals surface area contributed by atoms with Gasteiger partial charge in [-0.25, -0.2) is 0 Å². The Morgan fingerprint density at radius 3 is 2.40 bits per heavy atom. The van der Waals surface area contributed by atoms with Crippen molar-refractivity contribution in [2.24, 2.45) is 0 Å². The van der Waals surface area contributed by atoms with E-state index in [1.807, 2.05) is 24.3 Å². The fraction of sp³-hybridized carbons (Fsp3) is 0.353. The predicted molar refractivity (Wildman–Crippen MR) is 91.7 cm³/mol. The van der Waals surface area contributed by atoms with Crippen molar-refractivity contribution in [3.8, 4) is 5.75 Å². The van der Waals surface area contributed by atoms with E-state index in [1.54, 1.807) is 25.0 Å². The van der Waals surface area contributed by atoms with Crippen LogP contribution in [0, 0.1) is 6.92 Å². The van der Waals surface area contributed by atoms with E-state index >= 15 is 0 Å². The van der Waals surface area contributed by atoms with Crippen LogP contribution in [-0.4, -0.2) is 55.2 Å². The summed E-state index contributed by atoms with van der Waals surface area (Å²) in [6, 6.07) is 9.33. The van der Waals surface area contributed by atoms with Crippen LogP contribution in [0.4, 0.5) is 11.5 Å². The van der Waals surface area contributed by atoms with Crippen molar-refractivity contribution in [3.05, 3.63) is 36.1 Å². The maximum Gasteiger partial charge on any atom is 0.315 e. The maximum absolute atomic E-state index is 12.3. The number of anilines is 2. The Labute approximate surface area is 145 Å². The summed E-state index contributed by atoms with van der Waals surface area (Å²) in [5, 5.41) is 6.11. The highest BCUT2D eigenvalue weighted by Gasteiger charge is 2.26. The average Bonchev–Trinajstić information content (AvgIpc) is 3.06. The van der Waals surface area contributed by atoms with Gasteiger partial charge < -0.3 is 19.1 Å². The number of ether oxygens (including phenoxy) is 1. The van der Waals surface area contributed by atoms with Gasteiger partial charge in [0.05, 0.1) is 7.11 Å². The second-order valence-electron chi connectivity index (χ2n) is 5.75. The minimum absolute atomic E-state index is 0.243. The van der Waals surface area contributed by atoms with Gasteiger partial charge >= 0.3 is 11.8 Å². The molecule has 8 heteroatoms. The number of rotatable bonds is 3. The fourth-order valence-electron chi connectivity index (χ4n) is 2.70. The molecule has 2 amide bonds. The highest BCUT2D eigenvalue weighted by molar-refractivity contribution is 6.39. The number of nitrogens with one attached hydrogen (secondary N) is 1. The Morgan fingerprint density at radius 2 is 1.84 bits per heavy atom. The monoisotopic (exact) mass is 344 g/mol. The molecule has 1 aliphatic rings. The smallest absolute Gasteiger partial charge is 0.315 e. The summed E-state index contributed by atoms with van der Waals surface area (Å²) >= 11 is 0. The number of aryl methyl sites for hydroxylation is 1. The van der Waals surface area contributed by atoms with E-state index in [0.29, 0.717) is 31.9 Å². The highest BCUT2D eigenvalue weighted by atomic mass is 16.5. The summed E-state index contributed by atoms with van der Waals surface area (Å²) in [5.74, 6) is 0.349. The fourth-order valence-corrected chi connectivity index (χ4v) is 2.70. The normalized spacial score (nSPS) is 14.3. The summed E-state index contributed by atoms with van der Waals surface area (Å²) in [6.07, 6.45) is 0. The number of hydrogen-bond donors (Lipinski definition) is 1. The van der Waals surface area contributed by atoms with Crippen molar-refractivity contribution in [2.45, 2.75) is 6.92 Å². The molecule has 2 aromatic rings. The molecule has 1 fully saturated rings. The lowest BCUT2D eigenvalue weighted by Crippen LogP contribution is -2.51. The molecule has 132 valence electrons. The Kier molecular flexibility index (Phi) is 4.87. The number of hydrogen-bond acceptors (Lipinski definition) is 6. The van der Waals surface area contributed by atoms with Crippen molar-refractivity contribution in [1.29, 1.82) is 0 Å². The van der Waals surface area contributed by atoms with Crippen LogP contribution in [0.15, 0.2) is 34.9 Å². The van der Waals surface area contributed by atoms with E-state index in [0.717, 1.165) is 11.4 Å². The van der Waals surface area contributed by atoms with E-state index < -0.39 is 11.8 Å². The Balaban J connectivity index is 1.53. The number of aromatic nitrogens is 1. The molecule has 1 N–H and O–H groups in total. The molecule has 0 spiro atoms. The SMILES string of the molecule is COc1ccc(N2CCN(C(=O)C(=O)Nc3cc(C)on3)CC2)cc1. The van der Waals surface area contributed by atoms with Gasteiger partial charge in [0.2, 0.25) is 0 Å². The molecule has 0 bridgehead atoms. The molecule has 3 rings (SSSR count). The first-order valence-electron chi connectivity index (χ1n) is 7.99. The molecule has 0 atom stereocenters. The second kappa shape index (κ2) is 7.25. The first kappa shape index (κ1) is 16.8. The summed E-state index contributed by atoms with van der Waals surface area (Å²) < 4.78 is 10.0. The van der Waals surface area contributed by atoms with Crippen LogP contribution in [0.2, 0.25) is 0 Å². The van der Waals surface area contributed by atoms with Crippen LogP contribution >= 0.6 is 0 Å². The van der Waals surface area contributed by atoms with Crippen molar-refractivity contribution in [3.63, 3.8) is 0 Å². The number of amides is 2. The molecular weight excluding hydrogens is 324 g/mol. The van der Waals surface area contributed by atoms with Crippen LogP contribution in [0.25, 0.3) is 0 Å². The molecular formula is C17H20N4O4. The van der Waals surface area contributed by atoms with Crippen LogP contribution in [0.3, 0.4) is 0 Å². The van der Waals surface area contributed by atoms with Crippen LogP contribution in [0.5, 0.6) is 5.75 Å². The number of methoxy groups -OCH3 is 1. The molecule has 2 heterocycles. The van der Waals surface area contributed by atoms with Gasteiger partial charge in [-0.1, -0.05) is 5.16 Å². The van der Waals surface area contributed by atoms with Gasteiger partial charge in [0, 0.05) is 37.9 Å². The zero-order valence-corrected chi connectivity index (χ0v) is 14.2. The van der Waals surface area contributed by atoms with Gasteiger partial charge in [-0.3, -0.25) is 14.9 Å². The topological polar surface area (TPSA) is 87.9 Å². The second-order valence-corrected chi connectivity index (χ2v) is 5.75. The van der Waals surface area contributed by atoms with Gasteiger partial charge in [0.15, 0.2) is 5.82 Å². The summed E-state index contributed by atoms with van der Waals surface area (Å²) in [4.78, 5) is 28.0. The molecule has 1 aromatic carbocycles. The molecule has 1 saturated heterocycles. The highest BCUT2D eigenvalue weighted by Crippen LogP contribution is 2.20. The van der Waals surface area contributed by atoms with E-state index in [1.165, 1.54) is 0 Å². The maximum atomic E-state index is 12.3. The minimum atomic E-state index is -0.703. The first-order valence-corrected chi connectivity index (χ1v) is 7.99. The van der Waals surface area contributed by atoms with Gasteiger partial charge in [-0.05, 0) is 31.2 Å². The largest absolute Gasteiger partial charge is 0.497 e. The molecule has 1 aliphatic heterocycles. The van der Waals surface area contributed by atoms with Crippen molar-refractivity contribution >= 4 is 23.3 Å². The Hall–Kier alpha value is -3.03. The number of benzene rings is 1. The van der Waals surface area contributed by atoms with E-state index in [2.05, 4.69) is 15.4 Å². The van der Waals surface area contributed by atoms with E-state index in [-0.39, 0.29) is 5.82 Å². The summed E-state index contributed by atoms with van der Waals surface area (Å²) in [7, 11) is 1.63. The third-order valence-electron chi connectivity index (χ3n) is 4.07. The number of nitrogens with zero attached hydrogens (tertiary/aromatic N) is 3. The van der Waals surface area contributed by atoms with Gasteiger partial charge in [0.1, 0.15) is 11.5 Å². The zero-order chi connectivity index (χ0) is 17.8. The standard InChI is InChI=1S/C17H20N4O4/c1-12-11-15(19-25-12)18-16(22)17(23)21-9-7-20(8-10-21)13-3-5-14(24-2)6-4-13/h3-6,11H,7-10H2,1-2H3,(H,18,19,22).